The van der Waals surface area contributed by atoms with E-state index in [0.29, 0.717) is 18.0 Å². The Bertz CT molecular complexity index is 452. The lowest BCUT2D eigenvalue weighted by atomic mass is 9.92. The molecule has 2 aliphatic carbocycles. The van der Waals surface area contributed by atoms with Crippen molar-refractivity contribution in [3.63, 3.8) is 0 Å². The van der Waals surface area contributed by atoms with E-state index in [-0.39, 0.29) is 6.61 Å². The zero-order valence-electron chi connectivity index (χ0n) is 10.8. The zero-order valence-corrected chi connectivity index (χ0v) is 10.8. The van der Waals surface area contributed by atoms with Gasteiger partial charge < -0.3 is 10.4 Å². The van der Waals surface area contributed by atoms with E-state index in [4.69, 9.17) is 5.11 Å². The summed E-state index contributed by atoms with van der Waals surface area (Å²) in [7, 11) is 2.03. The lowest BCUT2D eigenvalue weighted by Gasteiger charge is -2.26. The Balaban J connectivity index is 1.70. The van der Waals surface area contributed by atoms with Crippen LogP contribution in [0, 0.1) is 5.92 Å². The van der Waals surface area contributed by atoms with Crippen molar-refractivity contribution in [1.29, 1.82) is 0 Å². The fourth-order valence-corrected chi connectivity index (χ4v) is 3.17. The second kappa shape index (κ2) is 4.86. The standard InChI is InChI=1S/C14H21N3O/c1-17-14-4-2-3-13(12(14)8-15-17)16-11-6-5-10(7-11)9-18/h5-6,8,10-11,13,16,18H,2-4,7,9H2,1H3/t10-,11+,13-/m0/s1. The van der Waals surface area contributed by atoms with Crippen molar-refractivity contribution in [2.45, 2.75) is 37.8 Å². The number of nitrogens with zero attached hydrogens (tertiary/aromatic N) is 2. The molecule has 0 unspecified atom stereocenters. The lowest BCUT2D eigenvalue weighted by molar-refractivity contribution is 0.243. The highest BCUT2D eigenvalue weighted by molar-refractivity contribution is 5.25. The molecule has 1 heterocycles. The summed E-state index contributed by atoms with van der Waals surface area (Å²) in [6.45, 7) is 0.261. The molecule has 0 spiro atoms. The maximum absolute atomic E-state index is 9.16. The van der Waals surface area contributed by atoms with Crippen molar-refractivity contribution in [3.8, 4) is 0 Å². The van der Waals surface area contributed by atoms with Crippen LogP contribution in [0.1, 0.15) is 36.6 Å². The van der Waals surface area contributed by atoms with Crippen LogP contribution in [-0.4, -0.2) is 27.5 Å². The number of hydrogen-bond donors (Lipinski definition) is 2. The van der Waals surface area contributed by atoms with Gasteiger partial charge >= 0.3 is 0 Å². The Hall–Kier alpha value is -1.13. The molecule has 0 amide bonds. The normalized spacial score (nSPS) is 30.7. The highest BCUT2D eigenvalue weighted by atomic mass is 16.3. The number of aliphatic hydroxyl groups is 1. The molecule has 98 valence electrons. The van der Waals surface area contributed by atoms with Crippen LogP contribution in [0.25, 0.3) is 0 Å². The molecule has 1 aromatic rings. The Labute approximate surface area is 108 Å². The third-order valence-corrected chi connectivity index (χ3v) is 4.20. The number of rotatable bonds is 3. The monoisotopic (exact) mass is 247 g/mol. The summed E-state index contributed by atoms with van der Waals surface area (Å²) in [5.41, 5.74) is 2.74. The zero-order chi connectivity index (χ0) is 12.5. The molecule has 18 heavy (non-hydrogen) atoms. The molecule has 2 aliphatic rings. The third-order valence-electron chi connectivity index (χ3n) is 4.20. The fraction of sp³-hybridized carbons (Fsp3) is 0.643. The molecular weight excluding hydrogens is 226 g/mol. The van der Waals surface area contributed by atoms with Crippen LogP contribution in [0.3, 0.4) is 0 Å². The average Bonchev–Trinajstić information content (AvgIpc) is 2.98. The van der Waals surface area contributed by atoms with Crippen LogP contribution >= 0.6 is 0 Å². The number of aliphatic hydroxyl groups excluding tert-OH is 1. The molecular formula is C14H21N3O. The quantitative estimate of drug-likeness (QED) is 0.792. The van der Waals surface area contributed by atoms with Crippen LogP contribution in [0.15, 0.2) is 18.3 Å². The molecule has 2 N–H and O–H groups in total. The van der Waals surface area contributed by atoms with Gasteiger partial charge in [-0.2, -0.15) is 5.10 Å². The number of aromatic nitrogens is 2. The molecule has 1 aromatic heterocycles. The van der Waals surface area contributed by atoms with Gasteiger partial charge in [-0.15, -0.1) is 0 Å². The van der Waals surface area contributed by atoms with Crippen LogP contribution < -0.4 is 5.32 Å². The van der Waals surface area contributed by atoms with Crippen LogP contribution in [0.5, 0.6) is 0 Å². The number of aryl methyl sites for hydroxylation is 1. The van der Waals surface area contributed by atoms with Crippen molar-refractivity contribution >= 4 is 0 Å². The highest BCUT2D eigenvalue weighted by Gasteiger charge is 2.27. The molecule has 0 bridgehead atoms. The van der Waals surface area contributed by atoms with E-state index < -0.39 is 0 Å². The maximum atomic E-state index is 9.16. The molecule has 3 rings (SSSR count). The predicted octanol–water partition coefficient (Wildman–Crippen LogP) is 1.32. The van der Waals surface area contributed by atoms with Gasteiger partial charge in [-0.1, -0.05) is 12.2 Å². The van der Waals surface area contributed by atoms with Gasteiger partial charge in [-0.05, 0) is 25.7 Å². The molecule has 0 aromatic carbocycles. The SMILES string of the molecule is Cn1ncc2c1CCC[C@@H]2N[C@@H]1C=C[C@H](CO)C1. The molecule has 0 saturated carbocycles. The first kappa shape index (κ1) is 11.9. The van der Waals surface area contributed by atoms with Crippen molar-refractivity contribution in [1.82, 2.24) is 15.1 Å². The van der Waals surface area contributed by atoms with Gasteiger partial charge in [0.1, 0.15) is 0 Å². The topological polar surface area (TPSA) is 50.1 Å². The average molecular weight is 247 g/mol. The minimum Gasteiger partial charge on any atom is -0.396 e. The van der Waals surface area contributed by atoms with Gasteiger partial charge in [0, 0.05) is 42.9 Å². The number of nitrogens with one attached hydrogen (secondary N) is 1. The van der Waals surface area contributed by atoms with Crippen LogP contribution in [-0.2, 0) is 13.5 Å². The van der Waals surface area contributed by atoms with Gasteiger partial charge in [0.25, 0.3) is 0 Å². The van der Waals surface area contributed by atoms with Crippen molar-refractivity contribution < 1.29 is 5.11 Å². The van der Waals surface area contributed by atoms with E-state index in [1.54, 1.807) is 0 Å². The van der Waals surface area contributed by atoms with Crippen molar-refractivity contribution in [2.75, 3.05) is 6.61 Å². The first-order valence-electron chi connectivity index (χ1n) is 6.84. The Morgan fingerprint density at radius 2 is 2.39 bits per heavy atom. The van der Waals surface area contributed by atoms with Crippen LogP contribution in [0.4, 0.5) is 0 Å². The van der Waals surface area contributed by atoms with Gasteiger partial charge in [0.15, 0.2) is 0 Å². The summed E-state index contributed by atoms with van der Waals surface area (Å²) in [5.74, 6) is 0.333. The summed E-state index contributed by atoms with van der Waals surface area (Å²) in [6, 6.07) is 0.827. The maximum Gasteiger partial charge on any atom is 0.0540 e. The van der Waals surface area contributed by atoms with Gasteiger partial charge in [0.2, 0.25) is 0 Å². The van der Waals surface area contributed by atoms with Crippen molar-refractivity contribution in [3.05, 3.63) is 29.6 Å². The second-order valence-electron chi connectivity index (χ2n) is 5.45. The molecule has 4 nitrogen and oxygen atoms in total. The number of hydrogen-bond acceptors (Lipinski definition) is 3. The first-order valence-corrected chi connectivity index (χ1v) is 6.84. The molecule has 0 saturated heterocycles. The number of fused-ring (bicyclic) bond motifs is 1. The first-order chi connectivity index (χ1) is 8.78. The Morgan fingerprint density at radius 3 is 3.17 bits per heavy atom. The molecule has 0 radical (unpaired) electrons. The van der Waals surface area contributed by atoms with E-state index in [1.165, 1.54) is 24.1 Å². The molecule has 4 heteroatoms. The van der Waals surface area contributed by atoms with E-state index in [2.05, 4.69) is 22.6 Å². The highest BCUT2D eigenvalue weighted by Crippen LogP contribution is 2.31. The van der Waals surface area contributed by atoms with E-state index in [9.17, 15) is 0 Å². The molecule has 0 fully saturated rings. The van der Waals surface area contributed by atoms with Gasteiger partial charge in [-0.3, -0.25) is 4.68 Å². The smallest absolute Gasteiger partial charge is 0.0540 e. The summed E-state index contributed by atoms with van der Waals surface area (Å²) < 4.78 is 2.00. The fourth-order valence-electron chi connectivity index (χ4n) is 3.17. The van der Waals surface area contributed by atoms with E-state index >= 15 is 0 Å². The molecule has 3 atom stereocenters. The van der Waals surface area contributed by atoms with Gasteiger partial charge in [-0.25, -0.2) is 0 Å². The minimum atomic E-state index is 0.261. The largest absolute Gasteiger partial charge is 0.396 e. The second-order valence-corrected chi connectivity index (χ2v) is 5.45. The summed E-state index contributed by atoms with van der Waals surface area (Å²) in [4.78, 5) is 0. The lowest BCUT2D eigenvalue weighted by Crippen LogP contribution is -2.33. The summed E-state index contributed by atoms with van der Waals surface area (Å²) in [5, 5.41) is 17.2. The minimum absolute atomic E-state index is 0.261. The van der Waals surface area contributed by atoms with E-state index in [0.717, 1.165) is 12.8 Å². The summed E-state index contributed by atoms with van der Waals surface area (Å²) >= 11 is 0. The van der Waals surface area contributed by atoms with Crippen LogP contribution in [0.2, 0.25) is 0 Å². The molecule has 0 aliphatic heterocycles. The van der Waals surface area contributed by atoms with Gasteiger partial charge in [0.05, 0.1) is 6.20 Å². The predicted molar refractivity (Wildman–Crippen MR) is 70.1 cm³/mol. The van der Waals surface area contributed by atoms with Crippen molar-refractivity contribution in [2.24, 2.45) is 13.0 Å². The Morgan fingerprint density at radius 1 is 1.50 bits per heavy atom. The third kappa shape index (κ3) is 2.10. The van der Waals surface area contributed by atoms with E-state index in [1.807, 2.05) is 17.9 Å². The summed E-state index contributed by atoms with van der Waals surface area (Å²) in [6.07, 6.45) is 10.9. The Kier molecular flexibility index (Phi) is 3.22.